The van der Waals surface area contributed by atoms with Crippen LogP contribution < -0.4 is 5.69 Å². The highest BCUT2D eigenvalue weighted by Gasteiger charge is 2.30. The maximum atomic E-state index is 12.7. The molecular weight excluding hydrogens is 309 g/mol. The number of rotatable bonds is 2. The third-order valence-electron chi connectivity index (χ3n) is 3.48. The van der Waals surface area contributed by atoms with Crippen molar-refractivity contribution < 1.29 is 13.2 Å². The molecule has 5 nitrogen and oxygen atoms in total. The molecule has 120 valence electrons. The Morgan fingerprint density at radius 3 is 2.39 bits per heavy atom. The van der Waals surface area contributed by atoms with Gasteiger partial charge in [0.25, 0.3) is 0 Å². The topological polar surface area (TPSA) is 63.0 Å². The van der Waals surface area contributed by atoms with E-state index in [9.17, 15) is 18.0 Å². The molecule has 8 heteroatoms. The molecular formula is C15H13F3N4O. The molecule has 1 aromatic carbocycles. The number of benzene rings is 1. The summed E-state index contributed by atoms with van der Waals surface area (Å²) in [4.78, 5) is 16.3. The van der Waals surface area contributed by atoms with E-state index in [0.29, 0.717) is 16.9 Å². The van der Waals surface area contributed by atoms with Gasteiger partial charge in [-0.25, -0.2) is 19.3 Å². The molecule has 2 heterocycles. The number of hydrogen-bond acceptors (Lipinski definition) is 3. The number of H-pyrrole nitrogens is 1. The third-order valence-corrected chi connectivity index (χ3v) is 3.48. The van der Waals surface area contributed by atoms with Crippen molar-refractivity contribution >= 4 is 5.65 Å². The molecule has 1 N–H and O–H groups in total. The lowest BCUT2D eigenvalue weighted by molar-refractivity contribution is -0.137. The number of aromatic nitrogens is 4. The summed E-state index contributed by atoms with van der Waals surface area (Å²) in [7, 11) is 0. The second-order valence-corrected chi connectivity index (χ2v) is 5.46. The number of aromatic amines is 1. The fourth-order valence-corrected chi connectivity index (χ4v) is 2.25. The number of alkyl halides is 3. The minimum atomic E-state index is -4.41. The highest BCUT2D eigenvalue weighted by Crippen LogP contribution is 2.30. The van der Waals surface area contributed by atoms with E-state index in [2.05, 4.69) is 15.2 Å². The van der Waals surface area contributed by atoms with Crippen molar-refractivity contribution in [3.8, 4) is 11.4 Å². The van der Waals surface area contributed by atoms with Crippen LogP contribution in [0.4, 0.5) is 13.2 Å². The van der Waals surface area contributed by atoms with Crippen molar-refractivity contribution in [3.63, 3.8) is 0 Å². The van der Waals surface area contributed by atoms with Crippen LogP contribution >= 0.6 is 0 Å². The first-order chi connectivity index (χ1) is 10.8. The van der Waals surface area contributed by atoms with Gasteiger partial charge in [0.05, 0.1) is 5.56 Å². The summed E-state index contributed by atoms with van der Waals surface area (Å²) in [6.45, 7) is 3.86. The van der Waals surface area contributed by atoms with Crippen LogP contribution in [-0.2, 0) is 6.18 Å². The Morgan fingerprint density at radius 2 is 1.83 bits per heavy atom. The summed E-state index contributed by atoms with van der Waals surface area (Å²) in [5.74, 6) is 0.346. The van der Waals surface area contributed by atoms with Crippen LogP contribution in [0.1, 0.15) is 31.0 Å². The molecule has 3 aromatic rings. The summed E-state index contributed by atoms with van der Waals surface area (Å²) < 4.78 is 39.3. The molecule has 0 aliphatic carbocycles. The molecule has 0 saturated carbocycles. The van der Waals surface area contributed by atoms with Crippen LogP contribution in [0, 0.1) is 0 Å². The van der Waals surface area contributed by atoms with Gasteiger partial charge in [-0.1, -0.05) is 26.0 Å². The number of nitrogens with one attached hydrogen (secondary N) is 1. The predicted molar refractivity (Wildman–Crippen MR) is 78.1 cm³/mol. The van der Waals surface area contributed by atoms with Gasteiger partial charge in [0.1, 0.15) is 5.82 Å². The molecule has 0 atom stereocenters. The zero-order chi connectivity index (χ0) is 16.8. The molecule has 0 fully saturated rings. The average Bonchev–Trinajstić information content (AvgIpc) is 2.87. The van der Waals surface area contributed by atoms with Gasteiger partial charge >= 0.3 is 11.9 Å². The molecule has 0 aliphatic rings. The smallest absolute Gasteiger partial charge is 0.246 e. The zero-order valence-corrected chi connectivity index (χ0v) is 12.3. The van der Waals surface area contributed by atoms with Crippen molar-refractivity contribution in [1.82, 2.24) is 19.6 Å². The van der Waals surface area contributed by atoms with E-state index in [1.165, 1.54) is 16.5 Å². The SMILES string of the molecule is CC(C)c1cc2n[nH]c(=O)n2c(-c2ccc(C(F)(F)F)cc2)n1. The largest absolute Gasteiger partial charge is 0.416 e. The monoisotopic (exact) mass is 322 g/mol. The van der Waals surface area contributed by atoms with E-state index >= 15 is 0 Å². The minimum Gasteiger partial charge on any atom is -0.246 e. The first-order valence-corrected chi connectivity index (χ1v) is 6.93. The first kappa shape index (κ1) is 15.3. The van der Waals surface area contributed by atoms with Gasteiger partial charge < -0.3 is 0 Å². The number of halogens is 3. The summed E-state index contributed by atoms with van der Waals surface area (Å²) in [5, 5.41) is 6.24. The quantitative estimate of drug-likeness (QED) is 0.788. The van der Waals surface area contributed by atoms with Crippen LogP contribution in [-0.4, -0.2) is 19.6 Å². The second-order valence-electron chi connectivity index (χ2n) is 5.46. The van der Waals surface area contributed by atoms with Crippen molar-refractivity contribution in [2.45, 2.75) is 25.9 Å². The molecule has 0 spiro atoms. The maximum Gasteiger partial charge on any atom is 0.416 e. The van der Waals surface area contributed by atoms with Crippen LogP contribution in [0.25, 0.3) is 17.0 Å². The zero-order valence-electron chi connectivity index (χ0n) is 12.3. The normalized spacial score (nSPS) is 12.3. The summed E-state index contributed by atoms with van der Waals surface area (Å²) >= 11 is 0. The van der Waals surface area contributed by atoms with Gasteiger partial charge in [-0.2, -0.15) is 18.3 Å². The predicted octanol–water partition coefficient (Wildman–Crippen LogP) is 3.23. The second kappa shape index (κ2) is 5.22. The lowest BCUT2D eigenvalue weighted by Crippen LogP contribution is -2.14. The van der Waals surface area contributed by atoms with Gasteiger partial charge in [0, 0.05) is 17.3 Å². The molecule has 0 unspecified atom stereocenters. The standard InChI is InChI=1S/C15H13F3N4O/c1-8(2)11-7-12-20-21-14(23)22(12)13(19-11)9-3-5-10(6-4-9)15(16,17)18/h3-8H,1-2H3,(H,21,23). The molecule has 2 aromatic heterocycles. The molecule has 23 heavy (non-hydrogen) atoms. The van der Waals surface area contributed by atoms with E-state index in [0.717, 1.165) is 12.1 Å². The molecule has 0 amide bonds. The van der Waals surface area contributed by atoms with Gasteiger partial charge in [-0.05, 0) is 18.1 Å². The van der Waals surface area contributed by atoms with Gasteiger partial charge in [-0.3, -0.25) is 0 Å². The van der Waals surface area contributed by atoms with Crippen molar-refractivity contribution in [3.05, 3.63) is 52.1 Å². The number of hydrogen-bond donors (Lipinski definition) is 1. The lowest BCUT2D eigenvalue weighted by atomic mass is 10.1. The maximum absolute atomic E-state index is 12.7. The van der Waals surface area contributed by atoms with Crippen LogP contribution in [0.15, 0.2) is 35.1 Å². The van der Waals surface area contributed by atoms with Crippen LogP contribution in [0.5, 0.6) is 0 Å². The third kappa shape index (κ3) is 2.71. The summed E-state index contributed by atoms with van der Waals surface area (Å²) in [6.07, 6.45) is -4.41. The Hall–Kier alpha value is -2.64. The van der Waals surface area contributed by atoms with Crippen LogP contribution in [0.3, 0.4) is 0 Å². The van der Waals surface area contributed by atoms with E-state index in [1.807, 2.05) is 13.8 Å². The van der Waals surface area contributed by atoms with Crippen LogP contribution in [0.2, 0.25) is 0 Å². The fraction of sp³-hybridized carbons (Fsp3) is 0.267. The Balaban J connectivity index is 2.22. The molecule has 0 radical (unpaired) electrons. The van der Waals surface area contributed by atoms with E-state index < -0.39 is 17.4 Å². The van der Waals surface area contributed by atoms with Crippen molar-refractivity contribution in [2.75, 3.05) is 0 Å². The lowest BCUT2D eigenvalue weighted by Gasteiger charge is -2.11. The number of fused-ring (bicyclic) bond motifs is 1. The van der Waals surface area contributed by atoms with Gasteiger partial charge in [0.15, 0.2) is 5.65 Å². The minimum absolute atomic E-state index is 0.0833. The number of nitrogens with zero attached hydrogens (tertiary/aromatic N) is 3. The summed E-state index contributed by atoms with van der Waals surface area (Å²) in [6, 6.07) is 6.21. The van der Waals surface area contributed by atoms with Gasteiger partial charge in [-0.15, -0.1) is 0 Å². The Morgan fingerprint density at radius 1 is 1.17 bits per heavy atom. The van der Waals surface area contributed by atoms with E-state index in [1.54, 1.807) is 6.07 Å². The van der Waals surface area contributed by atoms with Crippen molar-refractivity contribution in [1.29, 1.82) is 0 Å². The average molecular weight is 322 g/mol. The van der Waals surface area contributed by atoms with Gasteiger partial charge in [0.2, 0.25) is 0 Å². The van der Waals surface area contributed by atoms with Crippen molar-refractivity contribution in [2.24, 2.45) is 0 Å². The molecule has 0 bridgehead atoms. The molecule has 0 saturated heterocycles. The highest BCUT2D eigenvalue weighted by molar-refractivity contribution is 5.60. The Labute approximate surface area is 128 Å². The Kier molecular flexibility index (Phi) is 3.46. The first-order valence-electron chi connectivity index (χ1n) is 6.93. The summed E-state index contributed by atoms with van der Waals surface area (Å²) in [5.41, 5.74) is 0.249. The van der Waals surface area contributed by atoms with E-state index in [4.69, 9.17) is 0 Å². The van der Waals surface area contributed by atoms with E-state index in [-0.39, 0.29) is 11.7 Å². The fourth-order valence-electron chi connectivity index (χ4n) is 2.25. The highest BCUT2D eigenvalue weighted by atomic mass is 19.4. The Bertz CT molecular complexity index is 907. The molecule has 0 aliphatic heterocycles. The molecule has 3 rings (SSSR count).